The van der Waals surface area contributed by atoms with Gasteiger partial charge < -0.3 is 10.6 Å². The molecule has 0 radical (unpaired) electrons. The monoisotopic (exact) mass is 429 g/mol. The summed E-state index contributed by atoms with van der Waals surface area (Å²) in [6.45, 7) is 4.90. The van der Waals surface area contributed by atoms with E-state index in [1.807, 2.05) is 38.1 Å². The maximum Gasteiger partial charge on any atom is 0.390 e. The van der Waals surface area contributed by atoms with Crippen molar-refractivity contribution < 1.29 is 13.2 Å². The van der Waals surface area contributed by atoms with Crippen molar-refractivity contribution in [3.63, 3.8) is 0 Å². The second-order valence-electron chi connectivity index (χ2n) is 4.73. The molecule has 0 atom stereocenters. The predicted octanol–water partition coefficient (Wildman–Crippen LogP) is 3.66. The summed E-state index contributed by atoms with van der Waals surface area (Å²) < 4.78 is 36.3. The molecular formula is C15H23F3IN3. The third-order valence-electron chi connectivity index (χ3n) is 2.96. The molecule has 1 aromatic rings. The molecule has 1 aromatic carbocycles. The lowest BCUT2D eigenvalue weighted by molar-refractivity contribution is -0.132. The first kappa shape index (κ1) is 21.0. The van der Waals surface area contributed by atoms with Crippen LogP contribution in [0.2, 0.25) is 0 Å². The van der Waals surface area contributed by atoms with E-state index >= 15 is 0 Å². The average molecular weight is 429 g/mol. The zero-order valence-corrected chi connectivity index (χ0v) is 15.2. The number of halogens is 4. The maximum absolute atomic E-state index is 12.1. The van der Waals surface area contributed by atoms with Gasteiger partial charge in [0.25, 0.3) is 0 Å². The Hall–Kier alpha value is -0.990. The van der Waals surface area contributed by atoms with E-state index in [1.54, 1.807) is 0 Å². The lowest BCUT2D eigenvalue weighted by Gasteiger charge is -2.12. The number of hydrogen-bond acceptors (Lipinski definition) is 1. The third-order valence-corrected chi connectivity index (χ3v) is 2.96. The van der Waals surface area contributed by atoms with E-state index in [0.29, 0.717) is 19.0 Å². The highest BCUT2D eigenvalue weighted by molar-refractivity contribution is 14.0. The Morgan fingerprint density at radius 3 is 2.45 bits per heavy atom. The van der Waals surface area contributed by atoms with Crippen LogP contribution < -0.4 is 10.6 Å². The van der Waals surface area contributed by atoms with Crippen LogP contribution >= 0.6 is 24.0 Å². The van der Waals surface area contributed by atoms with Crippen molar-refractivity contribution in [3.8, 4) is 0 Å². The molecule has 0 amide bonds. The first-order valence-electron chi connectivity index (χ1n) is 7.06. The molecule has 0 bridgehead atoms. The van der Waals surface area contributed by atoms with Crippen LogP contribution in [-0.4, -0.2) is 31.8 Å². The van der Waals surface area contributed by atoms with E-state index in [4.69, 9.17) is 0 Å². The Bertz CT molecular complexity index is 462. The number of guanidine groups is 1. The molecule has 0 heterocycles. The van der Waals surface area contributed by atoms with Crippen LogP contribution in [0.4, 0.5) is 13.2 Å². The van der Waals surface area contributed by atoms with Gasteiger partial charge in [-0.1, -0.05) is 24.3 Å². The fourth-order valence-electron chi connectivity index (χ4n) is 1.84. The number of aliphatic imine (C=N–C) groups is 1. The zero-order valence-electron chi connectivity index (χ0n) is 12.8. The van der Waals surface area contributed by atoms with E-state index in [1.165, 1.54) is 11.1 Å². The van der Waals surface area contributed by atoms with Gasteiger partial charge in [0.15, 0.2) is 5.96 Å². The molecular weight excluding hydrogens is 406 g/mol. The van der Waals surface area contributed by atoms with Gasteiger partial charge in [-0.2, -0.15) is 13.2 Å². The molecule has 0 saturated heterocycles. The molecule has 1 rings (SSSR count). The highest BCUT2D eigenvalue weighted by Gasteiger charge is 2.26. The Kier molecular flexibility index (Phi) is 10.2. The highest BCUT2D eigenvalue weighted by atomic mass is 127. The Morgan fingerprint density at radius 1 is 1.18 bits per heavy atom. The number of rotatable bonds is 6. The van der Waals surface area contributed by atoms with E-state index < -0.39 is 12.6 Å². The zero-order chi connectivity index (χ0) is 15.7. The Labute approximate surface area is 146 Å². The van der Waals surface area contributed by atoms with E-state index in [2.05, 4.69) is 15.6 Å². The summed E-state index contributed by atoms with van der Waals surface area (Å²) in [7, 11) is 0. The van der Waals surface area contributed by atoms with Gasteiger partial charge in [0.05, 0.1) is 13.0 Å². The fourth-order valence-corrected chi connectivity index (χ4v) is 1.84. The molecule has 0 aromatic heterocycles. The summed E-state index contributed by atoms with van der Waals surface area (Å²) in [4.78, 5) is 3.93. The molecule has 0 aliphatic rings. The summed E-state index contributed by atoms with van der Waals surface area (Å²) >= 11 is 0. The molecule has 0 fully saturated rings. The summed E-state index contributed by atoms with van der Waals surface area (Å²) in [6, 6.07) is 8.04. The molecule has 0 aliphatic carbocycles. The van der Waals surface area contributed by atoms with Crippen LogP contribution in [0.25, 0.3) is 0 Å². The summed E-state index contributed by atoms with van der Waals surface area (Å²) in [5.41, 5.74) is 2.43. The minimum absolute atomic E-state index is 0. The van der Waals surface area contributed by atoms with Crippen molar-refractivity contribution in [1.82, 2.24) is 10.6 Å². The molecule has 0 spiro atoms. The molecule has 0 saturated carbocycles. The quantitative estimate of drug-likeness (QED) is 0.412. The molecule has 2 N–H and O–H groups in total. The number of benzene rings is 1. The summed E-state index contributed by atoms with van der Waals surface area (Å²) in [5, 5.41) is 6.00. The minimum atomic E-state index is -4.16. The topological polar surface area (TPSA) is 36.4 Å². The van der Waals surface area contributed by atoms with Crippen molar-refractivity contribution in [2.45, 2.75) is 32.9 Å². The van der Waals surface area contributed by atoms with E-state index in [9.17, 15) is 13.2 Å². The van der Waals surface area contributed by atoms with Gasteiger partial charge in [-0.05, 0) is 31.4 Å². The third kappa shape index (κ3) is 9.11. The number of alkyl halides is 3. The smallest absolute Gasteiger partial charge is 0.357 e. The second-order valence-corrected chi connectivity index (χ2v) is 4.73. The number of aryl methyl sites for hydroxylation is 1. The minimum Gasteiger partial charge on any atom is -0.357 e. The van der Waals surface area contributed by atoms with Gasteiger partial charge in [0, 0.05) is 13.1 Å². The lowest BCUT2D eigenvalue weighted by atomic mass is 10.1. The molecule has 22 heavy (non-hydrogen) atoms. The van der Waals surface area contributed by atoms with Crippen LogP contribution in [0.15, 0.2) is 29.3 Å². The van der Waals surface area contributed by atoms with E-state index in [0.717, 1.165) is 6.42 Å². The van der Waals surface area contributed by atoms with Gasteiger partial charge >= 0.3 is 6.18 Å². The molecule has 126 valence electrons. The highest BCUT2D eigenvalue weighted by Crippen LogP contribution is 2.18. The number of nitrogens with zero attached hydrogens (tertiary/aromatic N) is 1. The lowest BCUT2D eigenvalue weighted by Crippen LogP contribution is -2.38. The summed E-state index contributed by atoms with van der Waals surface area (Å²) in [5.74, 6) is 0.426. The standard InChI is InChI=1S/C15H22F3N3.HI/c1-3-19-14(21-11-9-15(16,17)18)20-10-8-13-7-5-4-6-12(13)2;/h4-7H,3,8-11H2,1-2H3,(H2,19,20,21);1H. The number of nitrogens with one attached hydrogen (secondary N) is 2. The largest absolute Gasteiger partial charge is 0.390 e. The normalized spacial score (nSPS) is 11.8. The molecule has 7 heteroatoms. The van der Waals surface area contributed by atoms with Crippen LogP contribution in [0.5, 0.6) is 0 Å². The van der Waals surface area contributed by atoms with Crippen LogP contribution in [-0.2, 0) is 6.42 Å². The fraction of sp³-hybridized carbons (Fsp3) is 0.533. The van der Waals surface area contributed by atoms with Gasteiger partial charge in [-0.3, -0.25) is 4.99 Å². The van der Waals surface area contributed by atoms with Crippen molar-refractivity contribution in [2.24, 2.45) is 4.99 Å². The van der Waals surface area contributed by atoms with Gasteiger partial charge in [-0.15, -0.1) is 24.0 Å². The van der Waals surface area contributed by atoms with Gasteiger partial charge in [-0.25, -0.2) is 0 Å². The first-order chi connectivity index (χ1) is 9.92. The van der Waals surface area contributed by atoms with Crippen LogP contribution in [0, 0.1) is 6.92 Å². The van der Waals surface area contributed by atoms with Gasteiger partial charge in [0.1, 0.15) is 0 Å². The maximum atomic E-state index is 12.1. The molecule has 0 aliphatic heterocycles. The SMILES string of the molecule is CCNC(=NCCC(F)(F)F)NCCc1ccccc1C.I. The van der Waals surface area contributed by atoms with Crippen molar-refractivity contribution in [1.29, 1.82) is 0 Å². The van der Waals surface area contributed by atoms with Crippen molar-refractivity contribution >= 4 is 29.9 Å². The summed E-state index contributed by atoms with van der Waals surface area (Å²) in [6.07, 6.45) is -4.26. The molecule has 3 nitrogen and oxygen atoms in total. The van der Waals surface area contributed by atoms with Gasteiger partial charge in [0.2, 0.25) is 0 Å². The van der Waals surface area contributed by atoms with Crippen LogP contribution in [0.3, 0.4) is 0 Å². The Morgan fingerprint density at radius 2 is 1.86 bits per heavy atom. The van der Waals surface area contributed by atoms with Crippen molar-refractivity contribution in [3.05, 3.63) is 35.4 Å². The second kappa shape index (κ2) is 10.7. The number of hydrogen-bond donors (Lipinski definition) is 2. The average Bonchev–Trinajstić information content (AvgIpc) is 2.39. The first-order valence-corrected chi connectivity index (χ1v) is 7.06. The van der Waals surface area contributed by atoms with Crippen LogP contribution in [0.1, 0.15) is 24.5 Å². The van der Waals surface area contributed by atoms with Crippen molar-refractivity contribution in [2.75, 3.05) is 19.6 Å². The predicted molar refractivity (Wildman–Crippen MR) is 95.0 cm³/mol. The molecule has 0 unspecified atom stereocenters. The van der Waals surface area contributed by atoms with E-state index in [-0.39, 0.29) is 30.5 Å². The Balaban J connectivity index is 0.00000441.